The van der Waals surface area contributed by atoms with Gasteiger partial charge in [-0.25, -0.2) is 14.8 Å². The fraction of sp³-hybridized carbons (Fsp3) is 0.471. The maximum Gasteiger partial charge on any atom is 0.323 e. The number of aryl methyl sites for hydroxylation is 3. The van der Waals surface area contributed by atoms with E-state index in [0.29, 0.717) is 25.5 Å². The Kier molecular flexibility index (Phi) is 4.80. The molecule has 0 saturated carbocycles. The van der Waals surface area contributed by atoms with Crippen molar-refractivity contribution in [2.45, 2.75) is 27.3 Å². The van der Waals surface area contributed by atoms with Crippen molar-refractivity contribution in [2.24, 2.45) is 0 Å². The van der Waals surface area contributed by atoms with Gasteiger partial charge < -0.3 is 9.32 Å². The summed E-state index contributed by atoms with van der Waals surface area (Å²) in [5.41, 5.74) is 1.82. The molecule has 7 heteroatoms. The van der Waals surface area contributed by atoms with Crippen molar-refractivity contribution in [1.82, 2.24) is 19.8 Å². The van der Waals surface area contributed by atoms with Crippen molar-refractivity contribution < 1.29 is 9.21 Å². The van der Waals surface area contributed by atoms with Crippen LogP contribution in [0.5, 0.6) is 0 Å². The Hall–Kier alpha value is -2.41. The molecule has 0 atom stereocenters. The Morgan fingerprint density at radius 2 is 1.92 bits per heavy atom. The molecule has 0 unspecified atom stereocenters. The van der Waals surface area contributed by atoms with E-state index in [4.69, 9.17) is 4.42 Å². The Labute approximate surface area is 141 Å². The third-order valence-corrected chi connectivity index (χ3v) is 4.21. The van der Waals surface area contributed by atoms with Crippen molar-refractivity contribution in [3.63, 3.8) is 0 Å². The molecule has 1 aliphatic rings. The second-order valence-corrected chi connectivity index (χ2v) is 6.11. The monoisotopic (exact) mass is 329 g/mol. The van der Waals surface area contributed by atoms with Gasteiger partial charge in [-0.3, -0.25) is 10.2 Å². The average molecular weight is 329 g/mol. The van der Waals surface area contributed by atoms with Crippen LogP contribution in [0.4, 0.5) is 10.6 Å². The summed E-state index contributed by atoms with van der Waals surface area (Å²) >= 11 is 0. The number of hydrogen-bond donors (Lipinski definition) is 1. The molecule has 0 aliphatic carbocycles. The summed E-state index contributed by atoms with van der Waals surface area (Å²) in [4.78, 5) is 25.1. The first-order valence-corrected chi connectivity index (χ1v) is 8.16. The largest absolute Gasteiger partial charge is 0.444 e. The van der Waals surface area contributed by atoms with Crippen molar-refractivity contribution in [3.8, 4) is 0 Å². The smallest absolute Gasteiger partial charge is 0.323 e. The number of carbonyl (C=O) groups excluding carboxylic acids is 1. The second kappa shape index (κ2) is 7.00. The van der Waals surface area contributed by atoms with E-state index in [0.717, 1.165) is 36.1 Å². The lowest BCUT2D eigenvalue weighted by Gasteiger charge is -2.33. The third-order valence-electron chi connectivity index (χ3n) is 4.21. The Bertz CT molecular complexity index is 700. The van der Waals surface area contributed by atoms with Crippen molar-refractivity contribution in [1.29, 1.82) is 0 Å². The number of carbonyl (C=O) groups is 1. The molecule has 1 fully saturated rings. The number of anilines is 1. The fourth-order valence-corrected chi connectivity index (χ4v) is 2.71. The Morgan fingerprint density at radius 1 is 1.17 bits per heavy atom. The molecular weight excluding hydrogens is 306 g/mol. The number of piperazine rings is 1. The van der Waals surface area contributed by atoms with Crippen molar-refractivity contribution in [2.75, 3.05) is 31.5 Å². The van der Waals surface area contributed by atoms with Gasteiger partial charge in [0.25, 0.3) is 0 Å². The van der Waals surface area contributed by atoms with Crippen molar-refractivity contribution >= 4 is 11.8 Å². The van der Waals surface area contributed by atoms with Crippen LogP contribution in [-0.4, -0.2) is 52.0 Å². The molecule has 1 N–H and O–H groups in total. The fourth-order valence-electron chi connectivity index (χ4n) is 2.71. The zero-order valence-corrected chi connectivity index (χ0v) is 14.4. The normalized spacial score (nSPS) is 15.5. The number of rotatable bonds is 3. The molecule has 0 aromatic carbocycles. The molecule has 0 radical (unpaired) electrons. The standard InChI is InChI=1S/C17H23N5O2/c1-12-5-4-6-15(18-12)20-17(23)22-9-7-21(8-10-22)11-16-19-13(2)14(3)24-16/h4-6H,7-11H2,1-3H3,(H,18,20,23). The van der Waals surface area contributed by atoms with E-state index in [1.807, 2.05) is 37.8 Å². The van der Waals surface area contributed by atoms with Gasteiger partial charge in [0, 0.05) is 31.9 Å². The van der Waals surface area contributed by atoms with Crippen LogP contribution in [-0.2, 0) is 6.54 Å². The van der Waals surface area contributed by atoms with Gasteiger partial charge in [0.1, 0.15) is 11.6 Å². The van der Waals surface area contributed by atoms with Crippen LogP contribution >= 0.6 is 0 Å². The Morgan fingerprint density at radius 3 is 2.54 bits per heavy atom. The molecule has 3 heterocycles. The number of hydrogen-bond acceptors (Lipinski definition) is 5. The first kappa shape index (κ1) is 16.4. The van der Waals surface area contributed by atoms with E-state index in [1.165, 1.54) is 0 Å². The van der Waals surface area contributed by atoms with Gasteiger partial charge in [-0.05, 0) is 32.9 Å². The molecule has 2 aromatic heterocycles. The van der Waals surface area contributed by atoms with Crippen LogP contribution in [0.15, 0.2) is 22.6 Å². The quantitative estimate of drug-likeness (QED) is 0.935. The first-order valence-electron chi connectivity index (χ1n) is 8.16. The minimum atomic E-state index is -0.101. The first-order chi connectivity index (χ1) is 11.5. The van der Waals surface area contributed by atoms with E-state index >= 15 is 0 Å². The van der Waals surface area contributed by atoms with Crippen molar-refractivity contribution in [3.05, 3.63) is 41.2 Å². The maximum absolute atomic E-state index is 12.3. The molecule has 1 aliphatic heterocycles. The van der Waals surface area contributed by atoms with Gasteiger partial charge >= 0.3 is 6.03 Å². The average Bonchev–Trinajstić information content (AvgIpc) is 2.86. The van der Waals surface area contributed by atoms with Crippen LogP contribution in [0.25, 0.3) is 0 Å². The van der Waals surface area contributed by atoms with Gasteiger partial charge in [-0.2, -0.15) is 0 Å². The minimum Gasteiger partial charge on any atom is -0.444 e. The summed E-state index contributed by atoms with van der Waals surface area (Å²) in [5.74, 6) is 2.20. The molecule has 2 amide bonds. The number of nitrogens with one attached hydrogen (secondary N) is 1. The molecule has 128 valence electrons. The zero-order valence-electron chi connectivity index (χ0n) is 14.4. The summed E-state index contributed by atoms with van der Waals surface area (Å²) in [7, 11) is 0. The highest BCUT2D eigenvalue weighted by Crippen LogP contribution is 2.13. The van der Waals surface area contributed by atoms with Crippen LogP contribution in [0.2, 0.25) is 0 Å². The van der Waals surface area contributed by atoms with E-state index in [9.17, 15) is 4.79 Å². The van der Waals surface area contributed by atoms with E-state index < -0.39 is 0 Å². The molecule has 3 rings (SSSR count). The lowest BCUT2D eigenvalue weighted by Crippen LogP contribution is -2.49. The van der Waals surface area contributed by atoms with E-state index in [1.54, 1.807) is 6.07 Å². The number of urea groups is 1. The molecule has 24 heavy (non-hydrogen) atoms. The highest BCUT2D eigenvalue weighted by molar-refractivity contribution is 5.88. The van der Waals surface area contributed by atoms with Crippen LogP contribution in [0, 0.1) is 20.8 Å². The molecule has 0 spiro atoms. The summed E-state index contributed by atoms with van der Waals surface area (Å²) in [6.45, 7) is 9.42. The SMILES string of the molecule is Cc1cccc(NC(=O)N2CCN(Cc3nc(C)c(C)o3)CC2)n1. The molecule has 7 nitrogen and oxygen atoms in total. The third kappa shape index (κ3) is 3.91. The zero-order chi connectivity index (χ0) is 17.1. The lowest BCUT2D eigenvalue weighted by atomic mass is 10.3. The summed E-state index contributed by atoms with van der Waals surface area (Å²) in [5, 5.41) is 2.85. The van der Waals surface area contributed by atoms with Crippen LogP contribution in [0.3, 0.4) is 0 Å². The summed E-state index contributed by atoms with van der Waals surface area (Å²) in [6, 6.07) is 5.49. The maximum atomic E-state index is 12.3. The van der Waals surface area contributed by atoms with Crippen LogP contribution < -0.4 is 5.32 Å². The molecule has 1 saturated heterocycles. The van der Waals surface area contributed by atoms with E-state index in [-0.39, 0.29) is 6.03 Å². The van der Waals surface area contributed by atoms with Gasteiger partial charge in [0.15, 0.2) is 0 Å². The van der Waals surface area contributed by atoms with Gasteiger partial charge in [-0.15, -0.1) is 0 Å². The number of nitrogens with zero attached hydrogens (tertiary/aromatic N) is 4. The highest BCUT2D eigenvalue weighted by Gasteiger charge is 2.22. The minimum absolute atomic E-state index is 0.101. The summed E-state index contributed by atoms with van der Waals surface area (Å²) < 4.78 is 5.63. The second-order valence-electron chi connectivity index (χ2n) is 6.11. The number of aromatic nitrogens is 2. The predicted molar refractivity (Wildman–Crippen MR) is 90.8 cm³/mol. The molecular formula is C17H23N5O2. The molecule has 2 aromatic rings. The number of amides is 2. The van der Waals surface area contributed by atoms with Gasteiger partial charge in [0.05, 0.1) is 12.2 Å². The van der Waals surface area contributed by atoms with Gasteiger partial charge in [-0.1, -0.05) is 6.07 Å². The Balaban J connectivity index is 1.50. The number of oxazole rings is 1. The summed E-state index contributed by atoms with van der Waals surface area (Å²) in [6.07, 6.45) is 0. The number of pyridine rings is 1. The van der Waals surface area contributed by atoms with E-state index in [2.05, 4.69) is 20.2 Å². The lowest BCUT2D eigenvalue weighted by molar-refractivity contribution is 0.135. The van der Waals surface area contributed by atoms with Gasteiger partial charge in [0.2, 0.25) is 5.89 Å². The predicted octanol–water partition coefficient (Wildman–Crippen LogP) is 2.34. The van der Waals surface area contributed by atoms with Crippen LogP contribution in [0.1, 0.15) is 23.0 Å². The highest BCUT2D eigenvalue weighted by atomic mass is 16.4. The topological polar surface area (TPSA) is 74.5 Å². The molecule has 0 bridgehead atoms.